The van der Waals surface area contributed by atoms with E-state index in [1.807, 2.05) is 61.5 Å². The zero-order chi connectivity index (χ0) is 21.2. The number of hydrogen-bond donors (Lipinski definition) is 2. The van der Waals surface area contributed by atoms with Crippen LogP contribution in [0.1, 0.15) is 36.9 Å². The summed E-state index contributed by atoms with van der Waals surface area (Å²) in [7, 11) is 1.29. The van der Waals surface area contributed by atoms with Crippen LogP contribution in [0.4, 0.5) is 0 Å². The molecule has 0 saturated carbocycles. The topological polar surface area (TPSA) is 84.5 Å². The molecule has 0 unspecified atom stereocenters. The highest BCUT2D eigenvalue weighted by atomic mass is 127. The van der Waals surface area contributed by atoms with Gasteiger partial charge in [-0.05, 0) is 52.8 Å². The monoisotopic (exact) mass is 508 g/mol. The van der Waals surface area contributed by atoms with E-state index in [0.29, 0.717) is 6.42 Å². The molecule has 0 aliphatic carbocycles. The van der Waals surface area contributed by atoms with Crippen LogP contribution in [0.5, 0.6) is 0 Å². The van der Waals surface area contributed by atoms with Gasteiger partial charge in [0, 0.05) is 22.8 Å². The van der Waals surface area contributed by atoms with E-state index in [9.17, 15) is 14.4 Å². The number of carbonyl (C=O) groups excluding carboxylic acids is 3. The standard InChI is InChI=1S/C22H25IN2O4/c1-15(17-8-4-3-5-9-17)24-20(26)11-12-21(27)25-19(22(28)29-2)14-16-7-6-10-18(23)13-16/h3-10,13,15,19H,11-12,14H2,1-2H3,(H,24,26)(H,25,27)/t15-,19+/m1/s1. The molecule has 154 valence electrons. The minimum absolute atomic E-state index is 0.00678. The largest absolute Gasteiger partial charge is 0.467 e. The Morgan fingerprint density at radius 3 is 2.24 bits per heavy atom. The molecule has 0 aliphatic heterocycles. The van der Waals surface area contributed by atoms with Gasteiger partial charge >= 0.3 is 5.97 Å². The minimum atomic E-state index is -0.794. The Bertz CT molecular complexity index is 842. The van der Waals surface area contributed by atoms with Crippen LogP contribution in [0.2, 0.25) is 0 Å². The fraction of sp³-hybridized carbons (Fsp3) is 0.318. The summed E-state index contributed by atoms with van der Waals surface area (Å²) < 4.78 is 5.85. The third kappa shape index (κ3) is 7.84. The maximum Gasteiger partial charge on any atom is 0.328 e. The SMILES string of the molecule is COC(=O)[C@H](Cc1cccc(I)c1)NC(=O)CCC(=O)N[C@H](C)c1ccccc1. The van der Waals surface area contributed by atoms with Crippen molar-refractivity contribution in [2.75, 3.05) is 7.11 Å². The summed E-state index contributed by atoms with van der Waals surface area (Å²) in [6, 6.07) is 16.3. The minimum Gasteiger partial charge on any atom is -0.467 e. The first-order valence-corrected chi connectivity index (χ1v) is 10.4. The number of benzene rings is 2. The third-order valence-electron chi connectivity index (χ3n) is 4.41. The zero-order valence-electron chi connectivity index (χ0n) is 16.5. The summed E-state index contributed by atoms with van der Waals surface area (Å²) >= 11 is 2.19. The van der Waals surface area contributed by atoms with Gasteiger partial charge in [0.1, 0.15) is 6.04 Å². The van der Waals surface area contributed by atoms with Crippen LogP contribution in [0.15, 0.2) is 54.6 Å². The van der Waals surface area contributed by atoms with Crippen molar-refractivity contribution in [3.63, 3.8) is 0 Å². The molecule has 0 saturated heterocycles. The molecule has 2 aromatic carbocycles. The number of methoxy groups -OCH3 is 1. The summed E-state index contributed by atoms with van der Waals surface area (Å²) in [5.41, 5.74) is 1.91. The molecule has 7 heteroatoms. The van der Waals surface area contributed by atoms with Crippen molar-refractivity contribution in [3.05, 3.63) is 69.3 Å². The molecule has 0 heterocycles. The summed E-state index contributed by atoms with van der Waals surface area (Å²) in [4.78, 5) is 36.5. The van der Waals surface area contributed by atoms with Crippen LogP contribution in [-0.2, 0) is 25.5 Å². The molecule has 0 aliphatic rings. The Hall–Kier alpha value is -2.42. The number of halogens is 1. The van der Waals surface area contributed by atoms with E-state index >= 15 is 0 Å². The smallest absolute Gasteiger partial charge is 0.328 e. The van der Waals surface area contributed by atoms with Crippen LogP contribution in [0.25, 0.3) is 0 Å². The third-order valence-corrected chi connectivity index (χ3v) is 5.08. The summed E-state index contributed by atoms with van der Waals surface area (Å²) in [6.45, 7) is 1.89. The second-order valence-corrected chi connectivity index (χ2v) is 7.92. The molecule has 2 atom stereocenters. The number of nitrogens with one attached hydrogen (secondary N) is 2. The molecular formula is C22H25IN2O4. The Kier molecular flexibility index (Phi) is 9.11. The van der Waals surface area contributed by atoms with Crippen molar-refractivity contribution >= 4 is 40.4 Å². The molecular weight excluding hydrogens is 483 g/mol. The van der Waals surface area contributed by atoms with E-state index in [4.69, 9.17) is 4.74 Å². The second-order valence-electron chi connectivity index (χ2n) is 6.68. The van der Waals surface area contributed by atoms with Crippen molar-refractivity contribution < 1.29 is 19.1 Å². The van der Waals surface area contributed by atoms with Gasteiger partial charge in [-0.25, -0.2) is 4.79 Å². The molecule has 2 amide bonds. The van der Waals surface area contributed by atoms with E-state index in [2.05, 4.69) is 33.2 Å². The zero-order valence-corrected chi connectivity index (χ0v) is 18.6. The van der Waals surface area contributed by atoms with Gasteiger partial charge < -0.3 is 15.4 Å². The van der Waals surface area contributed by atoms with Gasteiger partial charge in [0.15, 0.2) is 0 Å². The van der Waals surface area contributed by atoms with Gasteiger partial charge in [0.2, 0.25) is 11.8 Å². The molecule has 2 rings (SSSR count). The van der Waals surface area contributed by atoms with Crippen LogP contribution >= 0.6 is 22.6 Å². The summed E-state index contributed by atoms with van der Waals surface area (Å²) in [6.07, 6.45) is 0.361. The Morgan fingerprint density at radius 2 is 1.62 bits per heavy atom. The Morgan fingerprint density at radius 1 is 0.966 bits per heavy atom. The second kappa shape index (κ2) is 11.5. The summed E-state index contributed by atoms with van der Waals surface area (Å²) in [5.74, 6) is -1.10. The van der Waals surface area contributed by atoms with E-state index in [-0.39, 0.29) is 30.7 Å². The van der Waals surface area contributed by atoms with Gasteiger partial charge in [-0.15, -0.1) is 0 Å². The lowest BCUT2D eigenvalue weighted by molar-refractivity contribution is -0.145. The maximum atomic E-state index is 12.3. The average Bonchev–Trinajstić information content (AvgIpc) is 2.72. The number of carbonyl (C=O) groups is 3. The van der Waals surface area contributed by atoms with Crippen LogP contribution < -0.4 is 10.6 Å². The number of rotatable bonds is 9. The normalized spacial score (nSPS) is 12.5. The van der Waals surface area contributed by atoms with Gasteiger partial charge in [0.05, 0.1) is 13.2 Å². The lowest BCUT2D eigenvalue weighted by Crippen LogP contribution is -2.43. The van der Waals surface area contributed by atoms with Crippen molar-refractivity contribution in [2.24, 2.45) is 0 Å². The number of amides is 2. The van der Waals surface area contributed by atoms with E-state index in [1.54, 1.807) is 0 Å². The van der Waals surface area contributed by atoms with Crippen molar-refractivity contribution in [1.82, 2.24) is 10.6 Å². The molecule has 0 spiro atoms. The predicted octanol–water partition coefficient (Wildman–Crippen LogP) is 3.15. The van der Waals surface area contributed by atoms with Crippen LogP contribution in [0.3, 0.4) is 0 Å². The Labute approximate surface area is 184 Å². The van der Waals surface area contributed by atoms with Gasteiger partial charge in [-0.3, -0.25) is 9.59 Å². The number of ether oxygens (including phenoxy) is 1. The van der Waals surface area contributed by atoms with Crippen LogP contribution in [-0.4, -0.2) is 30.9 Å². The molecule has 2 aromatic rings. The fourth-order valence-corrected chi connectivity index (χ4v) is 3.48. The van der Waals surface area contributed by atoms with Gasteiger partial charge in [-0.1, -0.05) is 42.5 Å². The first kappa shape index (κ1) is 22.9. The van der Waals surface area contributed by atoms with E-state index in [0.717, 1.165) is 14.7 Å². The molecule has 0 radical (unpaired) electrons. The first-order valence-electron chi connectivity index (χ1n) is 9.35. The van der Waals surface area contributed by atoms with Crippen molar-refractivity contribution in [1.29, 1.82) is 0 Å². The van der Waals surface area contributed by atoms with Gasteiger partial charge in [0.25, 0.3) is 0 Å². The maximum absolute atomic E-state index is 12.3. The Balaban J connectivity index is 1.86. The lowest BCUT2D eigenvalue weighted by Gasteiger charge is -2.17. The quantitative estimate of drug-likeness (QED) is 0.403. The molecule has 0 fully saturated rings. The summed E-state index contributed by atoms with van der Waals surface area (Å²) in [5, 5.41) is 5.55. The molecule has 0 aromatic heterocycles. The van der Waals surface area contributed by atoms with Gasteiger partial charge in [-0.2, -0.15) is 0 Å². The highest BCUT2D eigenvalue weighted by Crippen LogP contribution is 2.12. The lowest BCUT2D eigenvalue weighted by atomic mass is 10.1. The highest BCUT2D eigenvalue weighted by Gasteiger charge is 2.22. The molecule has 29 heavy (non-hydrogen) atoms. The highest BCUT2D eigenvalue weighted by molar-refractivity contribution is 14.1. The first-order chi connectivity index (χ1) is 13.9. The molecule has 0 bridgehead atoms. The van der Waals surface area contributed by atoms with E-state index in [1.165, 1.54) is 7.11 Å². The number of esters is 1. The van der Waals surface area contributed by atoms with Crippen molar-refractivity contribution in [2.45, 2.75) is 38.3 Å². The van der Waals surface area contributed by atoms with E-state index < -0.39 is 12.0 Å². The average molecular weight is 508 g/mol. The van der Waals surface area contributed by atoms with Crippen molar-refractivity contribution in [3.8, 4) is 0 Å². The fourth-order valence-electron chi connectivity index (χ4n) is 2.87. The van der Waals surface area contributed by atoms with Crippen LogP contribution in [0, 0.1) is 3.57 Å². The molecule has 2 N–H and O–H groups in total. The predicted molar refractivity (Wildman–Crippen MR) is 119 cm³/mol. The molecule has 6 nitrogen and oxygen atoms in total. The number of hydrogen-bond acceptors (Lipinski definition) is 4.